The molecule has 3 heteroatoms. The van der Waals surface area contributed by atoms with Gasteiger partial charge in [0, 0.05) is 6.54 Å². The molecule has 0 bridgehead atoms. The van der Waals surface area contributed by atoms with Gasteiger partial charge in [-0.2, -0.15) is 0 Å². The van der Waals surface area contributed by atoms with E-state index in [0.717, 1.165) is 36.9 Å². The Morgan fingerprint density at radius 2 is 1.74 bits per heavy atom. The maximum atomic E-state index is 13.3. The molecule has 0 atom stereocenters. The number of rotatable bonds is 3. The van der Waals surface area contributed by atoms with Crippen LogP contribution in [0, 0.1) is 11.6 Å². The third kappa shape index (κ3) is 2.86. The second-order valence-corrected chi connectivity index (χ2v) is 5.57. The lowest BCUT2D eigenvalue weighted by Gasteiger charge is -2.20. The molecule has 0 spiro atoms. The summed E-state index contributed by atoms with van der Waals surface area (Å²) >= 11 is 0. The lowest BCUT2D eigenvalue weighted by molar-refractivity contribution is 0.342. The van der Waals surface area contributed by atoms with Crippen LogP contribution in [0.15, 0.2) is 17.7 Å². The highest BCUT2D eigenvalue weighted by Gasteiger charge is 2.16. The van der Waals surface area contributed by atoms with Crippen LogP contribution in [0.5, 0.6) is 0 Å². The fraction of sp³-hybridized carbons (Fsp3) is 0.500. The first-order chi connectivity index (χ1) is 9.22. The number of hydrogen-bond donors (Lipinski definition) is 0. The van der Waals surface area contributed by atoms with Gasteiger partial charge in [0.25, 0.3) is 0 Å². The SMILES string of the molecule is Fc1cc2c(cc1F)CCC(CCN1CCCC1)=C2. The number of halogens is 2. The van der Waals surface area contributed by atoms with E-state index in [1.165, 1.54) is 43.6 Å². The molecule has 1 aliphatic heterocycles. The van der Waals surface area contributed by atoms with Crippen LogP contribution in [0.25, 0.3) is 6.08 Å². The van der Waals surface area contributed by atoms with Crippen molar-refractivity contribution in [2.75, 3.05) is 19.6 Å². The van der Waals surface area contributed by atoms with E-state index in [1.54, 1.807) is 0 Å². The standard InChI is InChI=1S/C16H19F2N/c17-15-10-13-4-3-12(9-14(13)11-16(15)18)5-8-19-6-1-2-7-19/h9-11H,1-8H2. The summed E-state index contributed by atoms with van der Waals surface area (Å²) in [7, 11) is 0. The summed E-state index contributed by atoms with van der Waals surface area (Å²) in [4.78, 5) is 2.49. The normalized spacial score (nSPS) is 19.4. The number of aryl methyl sites for hydroxylation is 1. The molecular weight excluding hydrogens is 244 g/mol. The maximum Gasteiger partial charge on any atom is 0.159 e. The van der Waals surface area contributed by atoms with Crippen molar-refractivity contribution in [2.45, 2.75) is 32.1 Å². The number of fused-ring (bicyclic) bond motifs is 1. The minimum atomic E-state index is -0.740. The number of benzene rings is 1. The summed E-state index contributed by atoms with van der Waals surface area (Å²) < 4.78 is 26.4. The van der Waals surface area contributed by atoms with Crippen LogP contribution in [0.2, 0.25) is 0 Å². The average Bonchev–Trinajstić information content (AvgIpc) is 2.91. The van der Waals surface area contributed by atoms with Gasteiger partial charge in [0.1, 0.15) is 0 Å². The van der Waals surface area contributed by atoms with Crippen molar-refractivity contribution in [1.29, 1.82) is 0 Å². The summed E-state index contributed by atoms with van der Waals surface area (Å²) in [6.07, 6.45) is 7.54. The van der Waals surface area contributed by atoms with E-state index in [0.29, 0.717) is 0 Å². The highest BCUT2D eigenvalue weighted by Crippen LogP contribution is 2.28. The predicted octanol–water partition coefficient (Wildman–Crippen LogP) is 3.78. The molecule has 0 N–H and O–H groups in total. The molecular formula is C16H19F2N. The second-order valence-electron chi connectivity index (χ2n) is 5.57. The van der Waals surface area contributed by atoms with Gasteiger partial charge in [0.2, 0.25) is 0 Å². The highest BCUT2D eigenvalue weighted by atomic mass is 19.2. The Bertz CT molecular complexity index is 502. The van der Waals surface area contributed by atoms with Crippen LogP contribution in [0.1, 0.15) is 36.8 Å². The Hall–Kier alpha value is -1.22. The molecule has 1 heterocycles. The molecule has 0 amide bonds. The van der Waals surface area contributed by atoms with Crippen molar-refractivity contribution in [1.82, 2.24) is 4.90 Å². The molecule has 0 radical (unpaired) electrons. The van der Waals surface area contributed by atoms with E-state index in [2.05, 4.69) is 11.0 Å². The molecule has 0 saturated carbocycles. The first-order valence-corrected chi connectivity index (χ1v) is 7.12. The van der Waals surface area contributed by atoms with Crippen molar-refractivity contribution < 1.29 is 8.78 Å². The fourth-order valence-electron chi connectivity index (χ4n) is 3.05. The van der Waals surface area contributed by atoms with E-state index in [9.17, 15) is 8.78 Å². The first-order valence-electron chi connectivity index (χ1n) is 7.12. The monoisotopic (exact) mass is 263 g/mol. The summed E-state index contributed by atoms with van der Waals surface area (Å²) in [6.45, 7) is 3.53. The molecule has 1 saturated heterocycles. The highest BCUT2D eigenvalue weighted by molar-refractivity contribution is 5.59. The molecule has 102 valence electrons. The van der Waals surface area contributed by atoms with Gasteiger partial charge in [0.05, 0.1) is 0 Å². The molecule has 3 rings (SSSR count). The molecule has 2 aliphatic rings. The van der Waals surface area contributed by atoms with E-state index < -0.39 is 11.6 Å². The van der Waals surface area contributed by atoms with Gasteiger partial charge in [-0.25, -0.2) is 8.78 Å². The van der Waals surface area contributed by atoms with E-state index in [1.807, 2.05) is 0 Å². The number of nitrogens with zero attached hydrogens (tertiary/aromatic N) is 1. The van der Waals surface area contributed by atoms with Crippen molar-refractivity contribution in [3.63, 3.8) is 0 Å². The third-order valence-electron chi connectivity index (χ3n) is 4.21. The lowest BCUT2D eigenvalue weighted by Crippen LogP contribution is -2.21. The maximum absolute atomic E-state index is 13.3. The predicted molar refractivity (Wildman–Crippen MR) is 72.9 cm³/mol. The first kappa shape index (κ1) is 12.8. The van der Waals surface area contributed by atoms with E-state index in [4.69, 9.17) is 0 Å². The van der Waals surface area contributed by atoms with Crippen LogP contribution in [-0.2, 0) is 6.42 Å². The zero-order valence-corrected chi connectivity index (χ0v) is 11.1. The van der Waals surface area contributed by atoms with Gasteiger partial charge in [0.15, 0.2) is 11.6 Å². The molecule has 1 aliphatic carbocycles. The summed E-state index contributed by atoms with van der Waals surface area (Å²) in [5, 5.41) is 0. The number of hydrogen-bond acceptors (Lipinski definition) is 1. The smallest absolute Gasteiger partial charge is 0.159 e. The fourth-order valence-corrected chi connectivity index (χ4v) is 3.05. The second kappa shape index (κ2) is 5.41. The Morgan fingerprint density at radius 3 is 2.53 bits per heavy atom. The van der Waals surface area contributed by atoms with Crippen molar-refractivity contribution in [2.24, 2.45) is 0 Å². The topological polar surface area (TPSA) is 3.24 Å². The lowest BCUT2D eigenvalue weighted by atomic mass is 9.90. The van der Waals surface area contributed by atoms with E-state index >= 15 is 0 Å². The third-order valence-corrected chi connectivity index (χ3v) is 4.21. The summed E-state index contributed by atoms with van der Waals surface area (Å²) in [6, 6.07) is 2.68. The van der Waals surface area contributed by atoms with Crippen molar-refractivity contribution in [3.05, 3.63) is 40.5 Å². The minimum Gasteiger partial charge on any atom is -0.303 e. The number of likely N-dealkylation sites (tertiary alicyclic amines) is 1. The van der Waals surface area contributed by atoms with Crippen molar-refractivity contribution in [3.8, 4) is 0 Å². The Balaban J connectivity index is 1.70. The van der Waals surface area contributed by atoms with Gasteiger partial charge in [-0.3, -0.25) is 0 Å². The quantitative estimate of drug-likeness (QED) is 0.802. The Labute approximate surface area is 112 Å². The van der Waals surface area contributed by atoms with Gasteiger partial charge in [-0.05, 0) is 68.5 Å². The molecule has 0 unspecified atom stereocenters. The van der Waals surface area contributed by atoms with Crippen LogP contribution < -0.4 is 0 Å². The Kier molecular flexibility index (Phi) is 3.65. The van der Waals surface area contributed by atoms with Crippen molar-refractivity contribution >= 4 is 6.08 Å². The molecule has 1 aromatic carbocycles. The molecule has 1 nitrogen and oxygen atoms in total. The van der Waals surface area contributed by atoms with Gasteiger partial charge in [-0.15, -0.1) is 0 Å². The van der Waals surface area contributed by atoms with Gasteiger partial charge >= 0.3 is 0 Å². The van der Waals surface area contributed by atoms with Crippen LogP contribution in [0.4, 0.5) is 8.78 Å². The van der Waals surface area contributed by atoms with Crippen LogP contribution in [0.3, 0.4) is 0 Å². The summed E-state index contributed by atoms with van der Waals surface area (Å²) in [5.41, 5.74) is 3.16. The van der Waals surface area contributed by atoms with Gasteiger partial charge < -0.3 is 4.90 Å². The molecule has 1 aromatic rings. The zero-order chi connectivity index (χ0) is 13.2. The zero-order valence-electron chi connectivity index (χ0n) is 11.1. The molecule has 19 heavy (non-hydrogen) atoms. The van der Waals surface area contributed by atoms with E-state index in [-0.39, 0.29) is 0 Å². The molecule has 0 aromatic heterocycles. The van der Waals surface area contributed by atoms with Crippen LogP contribution in [-0.4, -0.2) is 24.5 Å². The largest absolute Gasteiger partial charge is 0.303 e. The summed E-state index contributed by atoms with van der Waals surface area (Å²) in [5.74, 6) is -1.47. The minimum absolute atomic E-state index is 0.729. The average molecular weight is 263 g/mol. The molecule has 1 fully saturated rings. The van der Waals surface area contributed by atoms with Gasteiger partial charge in [-0.1, -0.05) is 11.6 Å². The Morgan fingerprint density at radius 1 is 1.00 bits per heavy atom. The van der Waals surface area contributed by atoms with Crippen LogP contribution >= 0.6 is 0 Å².